The van der Waals surface area contributed by atoms with Gasteiger partial charge in [-0.25, -0.2) is 0 Å². The van der Waals surface area contributed by atoms with Crippen LogP contribution < -0.4 is 0 Å². The van der Waals surface area contributed by atoms with E-state index in [2.05, 4.69) is 32.9 Å². The molecule has 12 aliphatic rings. The average molecular weight is 941 g/mol. The standard InChI is InChI=1S/C55H76N2O11/c1-26-32-14-15-33-30-12-10-28-16-37-39(21-49(28,6)34(30)18-41(60)52(32,33)25-65-54(26)42(61)22-47(3,4)67-54)56-38-17-29-11-13-31-35(50(29,7)46(64-9)45(38)57-37)19-40(59)51(8)36(31)20-44-53(51,63)27(2)55(66-44)43(62)23-48(5,24-58)68-55/h15,20,26-32,34-35,40,42-44,46,58-59,61-63H,10-14,16-19,21-25H2,1-9H3/t26-,27-,28-,29-,30-,31+,32?,34-,35-,40+,42+,43+,44-,46-,48-,49-,50-,51+,52+,53+,54+,55?/m0/s1. The molecule has 13 rings (SSSR count). The number of ketones is 1. The minimum atomic E-state index is -1.54. The van der Waals surface area contributed by atoms with Gasteiger partial charge in [0.25, 0.3) is 0 Å². The Morgan fingerprint density at radius 3 is 2.19 bits per heavy atom. The highest BCUT2D eigenvalue weighted by Crippen LogP contribution is 2.73. The number of allylic oxidation sites excluding steroid dienone is 1. The molecule has 0 bridgehead atoms. The molecule has 22 atom stereocenters. The first-order valence-electron chi connectivity index (χ1n) is 26.5. The molecule has 8 aliphatic carbocycles. The first-order chi connectivity index (χ1) is 32.0. The van der Waals surface area contributed by atoms with Crippen molar-refractivity contribution in [3.05, 3.63) is 46.1 Å². The Bertz CT molecular complexity index is 2440. The van der Waals surface area contributed by atoms with Crippen molar-refractivity contribution >= 4 is 5.78 Å². The molecule has 4 saturated heterocycles. The molecule has 13 heteroatoms. The third-order valence-corrected chi connectivity index (χ3v) is 23.2. The zero-order valence-corrected chi connectivity index (χ0v) is 41.7. The van der Waals surface area contributed by atoms with E-state index in [1.807, 2.05) is 27.7 Å². The van der Waals surface area contributed by atoms with Crippen molar-refractivity contribution in [3.8, 4) is 0 Å². The number of carbonyl (C=O) groups excluding carboxylic acids is 1. The van der Waals surface area contributed by atoms with Crippen molar-refractivity contribution in [2.45, 2.75) is 191 Å². The van der Waals surface area contributed by atoms with E-state index in [1.54, 1.807) is 14.0 Å². The summed E-state index contributed by atoms with van der Waals surface area (Å²) in [6, 6.07) is 0. The zero-order chi connectivity index (χ0) is 47.9. The largest absolute Gasteiger partial charge is 0.393 e. The lowest BCUT2D eigenvalue weighted by Gasteiger charge is -2.63. The Kier molecular flexibility index (Phi) is 9.34. The van der Waals surface area contributed by atoms with E-state index in [0.29, 0.717) is 36.9 Å². The molecule has 5 N–H and O–H groups in total. The summed E-state index contributed by atoms with van der Waals surface area (Å²) in [4.78, 5) is 26.2. The van der Waals surface area contributed by atoms with Crippen molar-refractivity contribution in [2.24, 2.45) is 74.9 Å². The van der Waals surface area contributed by atoms with Crippen LogP contribution >= 0.6 is 0 Å². The predicted molar refractivity (Wildman–Crippen MR) is 246 cm³/mol. The van der Waals surface area contributed by atoms with Gasteiger partial charge in [-0.05, 0) is 125 Å². The maximum absolute atomic E-state index is 15.0. The number of aliphatic hydroxyl groups is 5. The molecule has 3 spiro atoms. The van der Waals surface area contributed by atoms with E-state index in [-0.39, 0.29) is 72.1 Å². The van der Waals surface area contributed by atoms with Crippen LogP contribution in [0.3, 0.4) is 0 Å². The number of rotatable bonds is 2. The van der Waals surface area contributed by atoms with Crippen LogP contribution in [0, 0.1) is 74.9 Å². The Morgan fingerprint density at radius 1 is 0.794 bits per heavy atom. The monoisotopic (exact) mass is 941 g/mol. The highest BCUT2D eigenvalue weighted by Gasteiger charge is 2.79. The third-order valence-electron chi connectivity index (χ3n) is 23.2. The molecular formula is C55H76N2O11. The van der Waals surface area contributed by atoms with Gasteiger partial charge >= 0.3 is 0 Å². The summed E-state index contributed by atoms with van der Waals surface area (Å²) < 4.78 is 33.0. The zero-order valence-electron chi connectivity index (χ0n) is 41.7. The van der Waals surface area contributed by atoms with E-state index in [4.69, 9.17) is 33.7 Å². The van der Waals surface area contributed by atoms with E-state index in [0.717, 1.165) is 79.7 Å². The van der Waals surface area contributed by atoms with Gasteiger partial charge in [0.1, 0.15) is 35.8 Å². The van der Waals surface area contributed by atoms with Crippen molar-refractivity contribution in [3.63, 3.8) is 0 Å². The molecule has 5 heterocycles. The van der Waals surface area contributed by atoms with Crippen LogP contribution in [0.5, 0.6) is 0 Å². The number of aliphatic hydroxyl groups excluding tert-OH is 4. The second-order valence-corrected chi connectivity index (χ2v) is 26.3. The van der Waals surface area contributed by atoms with Gasteiger partial charge in [-0.3, -0.25) is 14.8 Å². The number of nitrogens with zero attached hydrogens (tertiary/aromatic N) is 2. The number of aromatic nitrogens is 2. The Hall–Kier alpha value is -2.17. The summed E-state index contributed by atoms with van der Waals surface area (Å²) in [5, 5.41) is 58.6. The summed E-state index contributed by atoms with van der Waals surface area (Å²) in [7, 11) is 1.80. The first-order valence-corrected chi connectivity index (χ1v) is 26.5. The fourth-order valence-corrected chi connectivity index (χ4v) is 19.7. The van der Waals surface area contributed by atoms with Crippen LogP contribution in [0.4, 0.5) is 0 Å². The summed E-state index contributed by atoms with van der Waals surface area (Å²) >= 11 is 0. The van der Waals surface area contributed by atoms with E-state index >= 15 is 0 Å². The van der Waals surface area contributed by atoms with Crippen LogP contribution in [-0.2, 0) is 47.7 Å². The number of fused-ring (bicyclic) bond motifs is 13. The molecule has 2 unspecified atom stereocenters. The molecule has 1 aromatic rings. The number of methoxy groups -OCH3 is 1. The van der Waals surface area contributed by atoms with Crippen LogP contribution in [0.25, 0.3) is 0 Å². The van der Waals surface area contributed by atoms with Gasteiger partial charge in [0.15, 0.2) is 5.79 Å². The van der Waals surface area contributed by atoms with E-state index < -0.39 is 69.5 Å². The summed E-state index contributed by atoms with van der Waals surface area (Å²) in [6.45, 7) is 16.6. The molecule has 4 saturated carbocycles. The van der Waals surface area contributed by atoms with Gasteiger partial charge in [-0.15, -0.1) is 0 Å². The van der Waals surface area contributed by atoms with Crippen LogP contribution in [0.1, 0.15) is 142 Å². The molecule has 13 nitrogen and oxygen atoms in total. The topological polar surface area (TPSA) is 190 Å². The lowest BCUT2D eigenvalue weighted by molar-refractivity contribution is -0.336. The molecule has 4 aliphatic heterocycles. The minimum absolute atomic E-state index is 0.0464. The molecule has 68 heavy (non-hydrogen) atoms. The van der Waals surface area contributed by atoms with Gasteiger partial charge in [-0.1, -0.05) is 57.9 Å². The Morgan fingerprint density at radius 2 is 1.50 bits per heavy atom. The number of hydrogen-bond acceptors (Lipinski definition) is 13. The predicted octanol–water partition coefficient (Wildman–Crippen LogP) is 5.65. The second kappa shape index (κ2) is 13.9. The van der Waals surface area contributed by atoms with Crippen molar-refractivity contribution in [2.75, 3.05) is 20.3 Å². The van der Waals surface area contributed by atoms with Crippen molar-refractivity contribution in [1.29, 1.82) is 0 Å². The van der Waals surface area contributed by atoms with Crippen LogP contribution in [0.2, 0.25) is 0 Å². The fraction of sp³-hybridized carbons (Fsp3) is 0.836. The number of hydrogen-bond donors (Lipinski definition) is 5. The molecule has 372 valence electrons. The maximum Gasteiger partial charge on any atom is 0.201 e. The number of carbonyl (C=O) groups is 1. The highest BCUT2D eigenvalue weighted by molar-refractivity contribution is 5.91. The molecule has 0 radical (unpaired) electrons. The first kappa shape index (κ1) is 45.7. The Labute approximate surface area is 401 Å². The molecule has 1 aromatic heterocycles. The molecule has 0 aromatic carbocycles. The number of ether oxygens (including phenoxy) is 5. The quantitative estimate of drug-likeness (QED) is 0.229. The van der Waals surface area contributed by atoms with Gasteiger partial charge in [0.2, 0.25) is 5.79 Å². The van der Waals surface area contributed by atoms with E-state index in [9.17, 15) is 30.3 Å². The lowest BCUT2D eigenvalue weighted by Crippen LogP contribution is -2.65. The third kappa shape index (κ3) is 5.12. The fourth-order valence-electron chi connectivity index (χ4n) is 19.7. The molecular weight excluding hydrogens is 865 g/mol. The van der Waals surface area contributed by atoms with Crippen molar-refractivity contribution < 1.29 is 54.0 Å². The summed E-state index contributed by atoms with van der Waals surface area (Å²) in [5.74, 6) is -1.79. The SMILES string of the molecule is CO[C@H]1c2nc3c(nc2C[C@@H]2CC[C@H]4C5=C[C@@H]6OC7(O[C@](C)(CO)C[C@H]7O)[C@@H](C)[C@]6(O)[C@@]5(C)[C@H](O)C[C@@H]4[C@]21C)C[C@@]1(C)[C@@H](CC[C@H]2C4=CCC5[C@H](C)[C@@]6(OC[C@]45C(=O)C[C@@H]21)OC(C)(C)C[C@H]6O)C3. The van der Waals surface area contributed by atoms with E-state index in [1.165, 1.54) is 5.57 Å². The van der Waals surface area contributed by atoms with Gasteiger partial charge in [-0.2, -0.15) is 0 Å². The minimum Gasteiger partial charge on any atom is -0.393 e. The Balaban J connectivity index is 0.784. The normalized spacial score (nSPS) is 56.6. The van der Waals surface area contributed by atoms with Crippen molar-refractivity contribution in [1.82, 2.24) is 9.97 Å². The number of Topliss-reactive ketones (excluding diaryl/α,β-unsaturated/α-hetero) is 1. The summed E-state index contributed by atoms with van der Waals surface area (Å²) in [5.41, 5.74) is 1.23. The summed E-state index contributed by atoms with van der Waals surface area (Å²) in [6.07, 6.45) is 9.53. The molecule has 0 amide bonds. The smallest absolute Gasteiger partial charge is 0.201 e. The second-order valence-electron chi connectivity index (χ2n) is 26.3. The molecule has 8 fully saturated rings. The lowest BCUT2D eigenvalue weighted by atomic mass is 9.43. The van der Waals surface area contributed by atoms with Crippen LogP contribution in [-0.4, -0.2) is 114 Å². The highest BCUT2D eigenvalue weighted by atomic mass is 16.7. The van der Waals surface area contributed by atoms with Crippen LogP contribution in [0.15, 0.2) is 23.3 Å². The van der Waals surface area contributed by atoms with Gasteiger partial charge in [0.05, 0.1) is 58.7 Å². The van der Waals surface area contributed by atoms with Gasteiger partial charge < -0.3 is 49.2 Å². The maximum atomic E-state index is 15.0. The average Bonchev–Trinajstić information content (AvgIpc) is 4.01. The van der Waals surface area contributed by atoms with Gasteiger partial charge in [0, 0.05) is 49.0 Å².